The average molecular weight is 261 g/mol. The molecule has 1 heterocycles. The van der Waals surface area contributed by atoms with Gasteiger partial charge in [0.1, 0.15) is 0 Å². The largest absolute Gasteiger partial charge is 0.369 e. The minimum Gasteiger partial charge on any atom is -0.369 e. The van der Waals surface area contributed by atoms with Crippen LogP contribution in [0.15, 0.2) is 24.3 Å². The molecule has 102 valence electrons. The third kappa shape index (κ3) is 3.32. The van der Waals surface area contributed by atoms with Crippen LogP contribution in [-0.4, -0.2) is 29.8 Å². The number of nitrogens with two attached hydrogens (primary N) is 2. The highest BCUT2D eigenvalue weighted by atomic mass is 16.2. The monoisotopic (exact) mass is 261 g/mol. The predicted molar refractivity (Wildman–Crippen MR) is 71.9 cm³/mol. The van der Waals surface area contributed by atoms with Gasteiger partial charge in [-0.25, -0.2) is 0 Å². The molecule has 0 saturated carbocycles. The van der Waals surface area contributed by atoms with Crippen LogP contribution < -0.4 is 11.5 Å². The maximum absolute atomic E-state index is 12.1. The summed E-state index contributed by atoms with van der Waals surface area (Å²) in [5.41, 5.74) is 12.8. The zero-order valence-corrected chi connectivity index (χ0v) is 10.8. The highest BCUT2D eigenvalue weighted by Crippen LogP contribution is 2.17. The van der Waals surface area contributed by atoms with Gasteiger partial charge in [-0.2, -0.15) is 0 Å². The first-order valence-corrected chi connectivity index (χ1v) is 6.45. The molecule has 1 unspecified atom stereocenters. The third-order valence-electron chi connectivity index (χ3n) is 3.56. The highest BCUT2D eigenvalue weighted by molar-refractivity contribution is 5.82. The van der Waals surface area contributed by atoms with Crippen molar-refractivity contribution in [2.45, 2.75) is 19.4 Å². The maximum atomic E-state index is 12.1. The SMILES string of the molecule is NCc1ccc(CC(=O)N2CCC(C(N)=O)C2)cc1. The molecule has 1 atom stereocenters. The summed E-state index contributed by atoms with van der Waals surface area (Å²) in [6, 6.07) is 7.70. The van der Waals surface area contributed by atoms with Crippen LogP contribution in [-0.2, 0) is 22.6 Å². The second-order valence-corrected chi connectivity index (χ2v) is 4.93. The lowest BCUT2D eigenvalue weighted by atomic mass is 10.1. The number of likely N-dealkylation sites (tertiary alicyclic amines) is 1. The number of hydrogen-bond acceptors (Lipinski definition) is 3. The number of carbonyl (C=O) groups is 2. The Labute approximate surface area is 112 Å². The first-order valence-electron chi connectivity index (χ1n) is 6.45. The first kappa shape index (κ1) is 13.5. The van der Waals surface area contributed by atoms with E-state index in [1.54, 1.807) is 4.90 Å². The molecule has 0 aliphatic carbocycles. The van der Waals surface area contributed by atoms with Crippen LogP contribution in [0, 0.1) is 5.92 Å². The van der Waals surface area contributed by atoms with E-state index in [0.717, 1.165) is 11.1 Å². The highest BCUT2D eigenvalue weighted by Gasteiger charge is 2.29. The fourth-order valence-electron chi connectivity index (χ4n) is 2.30. The van der Waals surface area contributed by atoms with Crippen molar-refractivity contribution in [2.75, 3.05) is 13.1 Å². The Hall–Kier alpha value is -1.88. The van der Waals surface area contributed by atoms with Gasteiger partial charge >= 0.3 is 0 Å². The number of rotatable bonds is 4. The third-order valence-corrected chi connectivity index (χ3v) is 3.56. The molecule has 0 radical (unpaired) electrons. The molecule has 2 amide bonds. The van der Waals surface area contributed by atoms with E-state index in [2.05, 4.69) is 0 Å². The Morgan fingerprint density at radius 2 is 1.84 bits per heavy atom. The van der Waals surface area contributed by atoms with Crippen LogP contribution in [0.5, 0.6) is 0 Å². The summed E-state index contributed by atoms with van der Waals surface area (Å²) in [7, 11) is 0. The van der Waals surface area contributed by atoms with Gasteiger partial charge in [0.15, 0.2) is 0 Å². The molecule has 1 fully saturated rings. The van der Waals surface area contributed by atoms with Crippen LogP contribution in [0.1, 0.15) is 17.5 Å². The Kier molecular flexibility index (Phi) is 4.16. The molecular weight excluding hydrogens is 242 g/mol. The van der Waals surface area contributed by atoms with Gasteiger partial charge in [0.05, 0.1) is 12.3 Å². The van der Waals surface area contributed by atoms with Crippen LogP contribution in [0.25, 0.3) is 0 Å². The molecule has 2 rings (SSSR count). The zero-order chi connectivity index (χ0) is 13.8. The molecule has 1 aromatic rings. The van der Waals surface area contributed by atoms with Gasteiger partial charge < -0.3 is 16.4 Å². The average Bonchev–Trinajstić information content (AvgIpc) is 2.89. The molecule has 4 N–H and O–H groups in total. The van der Waals surface area contributed by atoms with Crippen molar-refractivity contribution in [2.24, 2.45) is 17.4 Å². The van der Waals surface area contributed by atoms with E-state index >= 15 is 0 Å². The number of hydrogen-bond donors (Lipinski definition) is 2. The van der Waals surface area contributed by atoms with Gasteiger partial charge in [0.25, 0.3) is 0 Å². The quantitative estimate of drug-likeness (QED) is 0.800. The van der Waals surface area contributed by atoms with Crippen LogP contribution in [0.4, 0.5) is 0 Å². The van der Waals surface area contributed by atoms with Gasteiger partial charge in [-0.15, -0.1) is 0 Å². The number of nitrogens with zero attached hydrogens (tertiary/aromatic N) is 1. The molecule has 1 saturated heterocycles. The van der Waals surface area contributed by atoms with E-state index in [1.165, 1.54) is 0 Å². The van der Waals surface area contributed by atoms with Gasteiger partial charge in [0, 0.05) is 19.6 Å². The number of amides is 2. The Balaban J connectivity index is 1.92. The molecule has 5 nitrogen and oxygen atoms in total. The van der Waals surface area contributed by atoms with E-state index in [4.69, 9.17) is 11.5 Å². The molecular formula is C14H19N3O2. The molecule has 1 aliphatic rings. The standard InChI is InChI=1S/C14H19N3O2/c15-8-11-3-1-10(2-4-11)7-13(18)17-6-5-12(9-17)14(16)19/h1-4,12H,5-9,15H2,(H2,16,19). The van der Waals surface area contributed by atoms with E-state index in [1.807, 2.05) is 24.3 Å². The van der Waals surface area contributed by atoms with Gasteiger partial charge in [-0.3, -0.25) is 9.59 Å². The minimum atomic E-state index is -0.317. The molecule has 19 heavy (non-hydrogen) atoms. The summed E-state index contributed by atoms with van der Waals surface area (Å²) in [5, 5.41) is 0. The van der Waals surface area contributed by atoms with Crippen LogP contribution in [0.3, 0.4) is 0 Å². The van der Waals surface area contributed by atoms with E-state index in [-0.39, 0.29) is 17.7 Å². The number of benzene rings is 1. The van der Waals surface area contributed by atoms with Crippen molar-refractivity contribution in [1.82, 2.24) is 4.90 Å². The van der Waals surface area contributed by atoms with Gasteiger partial charge in [-0.05, 0) is 17.5 Å². The molecule has 1 aromatic carbocycles. The van der Waals surface area contributed by atoms with Crippen LogP contribution >= 0.6 is 0 Å². The smallest absolute Gasteiger partial charge is 0.227 e. The minimum absolute atomic E-state index is 0.0456. The van der Waals surface area contributed by atoms with Crippen molar-refractivity contribution in [3.63, 3.8) is 0 Å². The van der Waals surface area contributed by atoms with E-state index < -0.39 is 0 Å². The fraction of sp³-hybridized carbons (Fsp3) is 0.429. The second-order valence-electron chi connectivity index (χ2n) is 4.93. The summed E-state index contributed by atoms with van der Waals surface area (Å²) in [6.07, 6.45) is 1.03. The number of carbonyl (C=O) groups excluding carboxylic acids is 2. The zero-order valence-electron chi connectivity index (χ0n) is 10.8. The van der Waals surface area contributed by atoms with E-state index in [9.17, 15) is 9.59 Å². The normalized spacial score (nSPS) is 18.6. The lowest BCUT2D eigenvalue weighted by Crippen LogP contribution is -2.32. The maximum Gasteiger partial charge on any atom is 0.227 e. The summed E-state index contributed by atoms with van der Waals surface area (Å²) in [5.74, 6) is -0.463. The summed E-state index contributed by atoms with van der Waals surface area (Å²) in [6.45, 7) is 1.57. The second kappa shape index (κ2) is 5.84. The topological polar surface area (TPSA) is 89.4 Å². The summed E-state index contributed by atoms with van der Waals surface area (Å²) >= 11 is 0. The molecule has 0 spiro atoms. The first-order chi connectivity index (χ1) is 9.10. The Morgan fingerprint density at radius 1 is 1.21 bits per heavy atom. The van der Waals surface area contributed by atoms with Crippen molar-refractivity contribution in [1.29, 1.82) is 0 Å². The summed E-state index contributed by atoms with van der Waals surface area (Å²) in [4.78, 5) is 24.9. The fourth-order valence-corrected chi connectivity index (χ4v) is 2.30. The van der Waals surface area contributed by atoms with Crippen LogP contribution in [0.2, 0.25) is 0 Å². The van der Waals surface area contributed by atoms with Crippen molar-refractivity contribution >= 4 is 11.8 Å². The predicted octanol–water partition coefficient (Wildman–Crippen LogP) is 0.0216. The Bertz CT molecular complexity index is 470. The van der Waals surface area contributed by atoms with Gasteiger partial charge in [-0.1, -0.05) is 24.3 Å². The Morgan fingerprint density at radius 3 is 2.37 bits per heavy atom. The van der Waals surface area contributed by atoms with Gasteiger partial charge in [0.2, 0.25) is 11.8 Å². The van der Waals surface area contributed by atoms with Crippen molar-refractivity contribution in [3.05, 3.63) is 35.4 Å². The molecule has 0 bridgehead atoms. The lowest BCUT2D eigenvalue weighted by Gasteiger charge is -2.16. The van der Waals surface area contributed by atoms with Crippen molar-refractivity contribution in [3.8, 4) is 0 Å². The molecule has 1 aliphatic heterocycles. The number of primary amides is 1. The van der Waals surface area contributed by atoms with E-state index in [0.29, 0.717) is 32.5 Å². The molecule has 0 aromatic heterocycles. The van der Waals surface area contributed by atoms with Crippen molar-refractivity contribution < 1.29 is 9.59 Å². The molecule has 5 heteroatoms. The lowest BCUT2D eigenvalue weighted by molar-refractivity contribution is -0.129. The summed E-state index contributed by atoms with van der Waals surface area (Å²) < 4.78 is 0.